The van der Waals surface area contributed by atoms with E-state index in [2.05, 4.69) is 17.9 Å². The van der Waals surface area contributed by atoms with E-state index in [0.717, 1.165) is 36.6 Å². The predicted octanol–water partition coefficient (Wildman–Crippen LogP) is 3.66. The Bertz CT molecular complexity index is 645. The molecule has 0 radical (unpaired) electrons. The van der Waals surface area contributed by atoms with Crippen molar-refractivity contribution in [3.63, 3.8) is 0 Å². The SMILES string of the molecule is CCCN(Cc1cccc(OC)c1)CC(O)COc1ccccc1C. The average molecular weight is 343 g/mol. The predicted molar refractivity (Wildman–Crippen MR) is 101 cm³/mol. The summed E-state index contributed by atoms with van der Waals surface area (Å²) in [6.45, 7) is 6.74. The van der Waals surface area contributed by atoms with Crippen molar-refractivity contribution in [1.82, 2.24) is 4.90 Å². The molecule has 2 aromatic rings. The van der Waals surface area contributed by atoms with E-state index in [1.807, 2.05) is 49.4 Å². The zero-order chi connectivity index (χ0) is 18.1. The lowest BCUT2D eigenvalue weighted by molar-refractivity contribution is 0.0653. The summed E-state index contributed by atoms with van der Waals surface area (Å²) in [6, 6.07) is 15.9. The number of ether oxygens (including phenoxy) is 2. The van der Waals surface area contributed by atoms with Gasteiger partial charge in [-0.1, -0.05) is 37.3 Å². The van der Waals surface area contributed by atoms with Crippen LogP contribution in [-0.4, -0.2) is 42.9 Å². The van der Waals surface area contributed by atoms with Crippen molar-refractivity contribution in [2.24, 2.45) is 0 Å². The fourth-order valence-electron chi connectivity index (χ4n) is 2.84. The van der Waals surface area contributed by atoms with Crippen LogP contribution < -0.4 is 9.47 Å². The van der Waals surface area contributed by atoms with Crippen molar-refractivity contribution < 1.29 is 14.6 Å². The lowest BCUT2D eigenvalue weighted by Gasteiger charge is -2.25. The molecule has 0 bridgehead atoms. The van der Waals surface area contributed by atoms with Crippen LogP contribution in [0.1, 0.15) is 24.5 Å². The minimum absolute atomic E-state index is 0.295. The van der Waals surface area contributed by atoms with Crippen molar-refractivity contribution >= 4 is 0 Å². The van der Waals surface area contributed by atoms with E-state index in [1.165, 1.54) is 5.56 Å². The first-order valence-corrected chi connectivity index (χ1v) is 8.84. The Morgan fingerprint density at radius 1 is 1.12 bits per heavy atom. The molecule has 4 heteroatoms. The van der Waals surface area contributed by atoms with Gasteiger partial charge in [0.05, 0.1) is 7.11 Å². The second kappa shape index (κ2) is 10.1. The van der Waals surface area contributed by atoms with Crippen LogP contribution in [0.4, 0.5) is 0 Å². The normalized spacial score (nSPS) is 12.2. The summed E-state index contributed by atoms with van der Waals surface area (Å²) in [7, 11) is 1.68. The molecule has 0 aliphatic carbocycles. The van der Waals surface area contributed by atoms with Crippen LogP contribution in [0, 0.1) is 6.92 Å². The van der Waals surface area contributed by atoms with E-state index in [9.17, 15) is 5.11 Å². The molecular formula is C21H29NO3. The molecule has 0 aromatic heterocycles. The minimum Gasteiger partial charge on any atom is -0.497 e. The highest BCUT2D eigenvalue weighted by atomic mass is 16.5. The average Bonchev–Trinajstić information content (AvgIpc) is 2.61. The first kappa shape index (κ1) is 19.3. The minimum atomic E-state index is -0.531. The molecule has 0 spiro atoms. The smallest absolute Gasteiger partial charge is 0.122 e. The molecule has 0 saturated carbocycles. The molecule has 0 saturated heterocycles. The Morgan fingerprint density at radius 2 is 1.92 bits per heavy atom. The van der Waals surface area contributed by atoms with Crippen LogP contribution in [0.25, 0.3) is 0 Å². The summed E-state index contributed by atoms with van der Waals surface area (Å²) in [5, 5.41) is 10.4. The van der Waals surface area contributed by atoms with Gasteiger partial charge in [0, 0.05) is 13.1 Å². The monoisotopic (exact) mass is 343 g/mol. The second-order valence-corrected chi connectivity index (χ2v) is 6.32. The Balaban J connectivity index is 1.90. The number of hydrogen-bond donors (Lipinski definition) is 1. The number of nitrogens with zero attached hydrogens (tertiary/aromatic N) is 1. The highest BCUT2D eigenvalue weighted by Crippen LogP contribution is 2.17. The molecule has 1 atom stereocenters. The van der Waals surface area contributed by atoms with Crippen molar-refractivity contribution in [3.8, 4) is 11.5 Å². The number of rotatable bonds is 10. The van der Waals surface area contributed by atoms with E-state index < -0.39 is 6.10 Å². The summed E-state index contributed by atoms with van der Waals surface area (Å²) >= 11 is 0. The van der Waals surface area contributed by atoms with Crippen LogP contribution in [0.15, 0.2) is 48.5 Å². The van der Waals surface area contributed by atoms with Gasteiger partial charge in [-0.15, -0.1) is 0 Å². The largest absolute Gasteiger partial charge is 0.497 e. The van der Waals surface area contributed by atoms with Gasteiger partial charge in [0.2, 0.25) is 0 Å². The van der Waals surface area contributed by atoms with Crippen LogP contribution >= 0.6 is 0 Å². The Morgan fingerprint density at radius 3 is 2.64 bits per heavy atom. The zero-order valence-electron chi connectivity index (χ0n) is 15.4. The van der Waals surface area contributed by atoms with Gasteiger partial charge in [-0.3, -0.25) is 4.90 Å². The quantitative estimate of drug-likeness (QED) is 0.715. The molecule has 0 amide bonds. The summed E-state index contributed by atoms with van der Waals surface area (Å²) < 4.78 is 11.1. The summed E-state index contributed by atoms with van der Waals surface area (Å²) in [4.78, 5) is 2.25. The zero-order valence-corrected chi connectivity index (χ0v) is 15.4. The molecule has 4 nitrogen and oxygen atoms in total. The molecule has 2 rings (SSSR count). The van der Waals surface area contributed by atoms with Crippen molar-refractivity contribution in [2.75, 3.05) is 26.8 Å². The van der Waals surface area contributed by atoms with Crippen molar-refractivity contribution in [1.29, 1.82) is 0 Å². The first-order chi connectivity index (χ1) is 12.1. The number of aliphatic hydroxyl groups is 1. The molecule has 2 aromatic carbocycles. The number of hydrogen-bond acceptors (Lipinski definition) is 4. The summed E-state index contributed by atoms with van der Waals surface area (Å²) in [5.74, 6) is 1.69. The number of aliphatic hydroxyl groups excluding tert-OH is 1. The maximum atomic E-state index is 10.4. The van der Waals surface area contributed by atoms with E-state index in [-0.39, 0.29) is 0 Å². The van der Waals surface area contributed by atoms with Gasteiger partial charge in [0.15, 0.2) is 0 Å². The highest BCUT2D eigenvalue weighted by molar-refractivity contribution is 5.31. The van der Waals surface area contributed by atoms with Crippen molar-refractivity contribution in [2.45, 2.75) is 32.9 Å². The van der Waals surface area contributed by atoms with Gasteiger partial charge in [0.25, 0.3) is 0 Å². The standard InChI is InChI=1S/C21H29NO3/c1-4-12-22(14-18-9-7-10-20(13-18)24-3)15-19(23)16-25-21-11-6-5-8-17(21)2/h5-11,13,19,23H,4,12,14-16H2,1-3H3. The molecule has 1 unspecified atom stereocenters. The Labute approximate surface area is 151 Å². The van der Waals surface area contributed by atoms with E-state index >= 15 is 0 Å². The van der Waals surface area contributed by atoms with Crippen LogP contribution in [0.2, 0.25) is 0 Å². The van der Waals surface area contributed by atoms with Crippen LogP contribution in [0.5, 0.6) is 11.5 Å². The molecule has 1 N–H and O–H groups in total. The molecule has 0 fully saturated rings. The Kier molecular flexibility index (Phi) is 7.76. The van der Waals surface area contributed by atoms with Crippen molar-refractivity contribution in [3.05, 3.63) is 59.7 Å². The molecule has 136 valence electrons. The van der Waals surface area contributed by atoms with Crippen LogP contribution in [-0.2, 0) is 6.54 Å². The van der Waals surface area contributed by atoms with Gasteiger partial charge < -0.3 is 14.6 Å². The number of methoxy groups -OCH3 is 1. The third-order valence-electron chi connectivity index (χ3n) is 4.07. The van der Waals surface area contributed by atoms with Gasteiger partial charge in [-0.2, -0.15) is 0 Å². The third-order valence-corrected chi connectivity index (χ3v) is 4.07. The topological polar surface area (TPSA) is 41.9 Å². The van der Waals surface area contributed by atoms with Crippen LogP contribution in [0.3, 0.4) is 0 Å². The van der Waals surface area contributed by atoms with Gasteiger partial charge in [-0.25, -0.2) is 0 Å². The number of aryl methyl sites for hydroxylation is 1. The fourth-order valence-corrected chi connectivity index (χ4v) is 2.84. The fraction of sp³-hybridized carbons (Fsp3) is 0.429. The van der Waals surface area contributed by atoms with Gasteiger partial charge >= 0.3 is 0 Å². The molecular weight excluding hydrogens is 314 g/mol. The summed E-state index contributed by atoms with van der Waals surface area (Å²) in [5.41, 5.74) is 2.26. The van der Waals surface area contributed by atoms with E-state index in [4.69, 9.17) is 9.47 Å². The molecule has 0 aliphatic rings. The summed E-state index contributed by atoms with van der Waals surface area (Å²) in [6.07, 6.45) is 0.506. The lowest BCUT2D eigenvalue weighted by Crippen LogP contribution is -2.35. The third kappa shape index (κ3) is 6.40. The van der Waals surface area contributed by atoms with E-state index in [1.54, 1.807) is 7.11 Å². The van der Waals surface area contributed by atoms with Gasteiger partial charge in [-0.05, 0) is 49.2 Å². The first-order valence-electron chi connectivity index (χ1n) is 8.84. The van der Waals surface area contributed by atoms with E-state index in [0.29, 0.717) is 13.2 Å². The van der Waals surface area contributed by atoms with Gasteiger partial charge in [0.1, 0.15) is 24.2 Å². The Hall–Kier alpha value is -2.04. The second-order valence-electron chi connectivity index (χ2n) is 6.32. The molecule has 25 heavy (non-hydrogen) atoms. The maximum absolute atomic E-state index is 10.4. The number of benzene rings is 2. The lowest BCUT2D eigenvalue weighted by atomic mass is 10.2. The molecule has 0 heterocycles. The highest BCUT2D eigenvalue weighted by Gasteiger charge is 2.13. The maximum Gasteiger partial charge on any atom is 0.122 e. The molecule has 0 aliphatic heterocycles. The number of para-hydroxylation sites is 1.